The van der Waals surface area contributed by atoms with Gasteiger partial charge in [0.1, 0.15) is 0 Å². The molecule has 1 aromatic heterocycles. The highest BCUT2D eigenvalue weighted by Crippen LogP contribution is 2.43. The molecule has 1 aliphatic rings. The molecule has 5 N–H and O–H groups in total. The summed E-state index contributed by atoms with van der Waals surface area (Å²) in [5, 5.41) is 36.1. The van der Waals surface area contributed by atoms with Gasteiger partial charge in [-0.05, 0) is 31.0 Å². The van der Waals surface area contributed by atoms with E-state index in [0.717, 1.165) is 12.8 Å². The third kappa shape index (κ3) is 2.88. The van der Waals surface area contributed by atoms with Gasteiger partial charge in [-0.2, -0.15) is 0 Å². The summed E-state index contributed by atoms with van der Waals surface area (Å²) in [7, 11) is 0. The molecule has 0 aliphatic heterocycles. The van der Waals surface area contributed by atoms with Gasteiger partial charge in [-0.15, -0.1) is 5.11 Å². The van der Waals surface area contributed by atoms with Gasteiger partial charge < -0.3 is 20.6 Å². The molecule has 0 spiro atoms. The molecule has 1 saturated carbocycles. The summed E-state index contributed by atoms with van der Waals surface area (Å²) >= 11 is 0. The molecule has 0 unspecified atom stereocenters. The quantitative estimate of drug-likeness (QED) is 0.542. The molecule has 1 aliphatic carbocycles. The third-order valence-electron chi connectivity index (χ3n) is 4.68. The number of fused-ring (bicyclic) bond motifs is 1. The van der Waals surface area contributed by atoms with Crippen LogP contribution in [0.15, 0.2) is 23.3 Å². The lowest BCUT2D eigenvalue weighted by Crippen LogP contribution is -2.42. The molecule has 132 valence electrons. The number of hydrogen-bond acceptors (Lipinski definition) is 5. The van der Waals surface area contributed by atoms with Crippen LogP contribution in [0.3, 0.4) is 0 Å². The second-order valence-electron chi connectivity index (χ2n) is 6.10. The monoisotopic (exact) mass is 346 g/mol. The second kappa shape index (κ2) is 6.42. The summed E-state index contributed by atoms with van der Waals surface area (Å²) in [6.07, 6.45) is 1.75. The molecule has 0 bridgehead atoms. The van der Waals surface area contributed by atoms with Gasteiger partial charge in [0.05, 0.1) is 12.1 Å². The van der Waals surface area contributed by atoms with Crippen LogP contribution < -0.4 is 5.32 Å². The van der Waals surface area contributed by atoms with E-state index in [0.29, 0.717) is 18.2 Å². The Morgan fingerprint density at radius 3 is 2.52 bits per heavy atom. The molecule has 2 aromatic rings. The molecule has 3 rings (SSSR count). The van der Waals surface area contributed by atoms with Crippen LogP contribution in [0.25, 0.3) is 10.8 Å². The summed E-state index contributed by atoms with van der Waals surface area (Å²) in [6, 6.07) is 3.39. The number of carbonyl (C=O) groups is 2. The molecule has 1 heterocycles. The summed E-state index contributed by atoms with van der Waals surface area (Å²) in [6.45, 7) is 0. The SMILES string of the molecule is N=NC(=O)c1ccc2c(O)n([C@@H]3CCCC[C@H]3NC(=O)O)c(O)c2c1. The smallest absolute Gasteiger partial charge is 0.404 e. The lowest BCUT2D eigenvalue weighted by molar-refractivity contribution is 0.0991. The van der Waals surface area contributed by atoms with Crippen molar-refractivity contribution < 1.29 is 24.9 Å². The zero-order valence-corrected chi connectivity index (χ0v) is 13.3. The van der Waals surface area contributed by atoms with Crippen molar-refractivity contribution in [3.63, 3.8) is 0 Å². The molecular weight excluding hydrogens is 328 g/mol. The van der Waals surface area contributed by atoms with Gasteiger partial charge in [0.25, 0.3) is 5.91 Å². The van der Waals surface area contributed by atoms with E-state index < -0.39 is 24.1 Å². The van der Waals surface area contributed by atoms with Crippen LogP contribution in [0.2, 0.25) is 0 Å². The van der Waals surface area contributed by atoms with Crippen LogP contribution in [0.4, 0.5) is 4.79 Å². The van der Waals surface area contributed by atoms with Gasteiger partial charge in [-0.25, -0.2) is 10.3 Å². The first-order valence-electron chi connectivity index (χ1n) is 7.91. The first-order valence-corrected chi connectivity index (χ1v) is 7.91. The number of aromatic nitrogens is 1. The van der Waals surface area contributed by atoms with E-state index in [9.17, 15) is 19.8 Å². The molecule has 1 aromatic carbocycles. The van der Waals surface area contributed by atoms with E-state index >= 15 is 0 Å². The third-order valence-corrected chi connectivity index (χ3v) is 4.68. The predicted molar refractivity (Wildman–Crippen MR) is 87.2 cm³/mol. The maximum absolute atomic E-state index is 11.6. The molecule has 2 atom stereocenters. The summed E-state index contributed by atoms with van der Waals surface area (Å²) in [4.78, 5) is 22.6. The first kappa shape index (κ1) is 16.7. The number of carbonyl (C=O) groups excluding carboxylic acids is 1. The molecule has 0 radical (unpaired) electrons. The van der Waals surface area contributed by atoms with E-state index in [1.165, 1.54) is 22.8 Å². The molecule has 25 heavy (non-hydrogen) atoms. The fourth-order valence-electron chi connectivity index (χ4n) is 3.54. The average Bonchev–Trinajstić information content (AvgIpc) is 2.85. The number of rotatable bonds is 3. The highest BCUT2D eigenvalue weighted by Gasteiger charge is 2.32. The van der Waals surface area contributed by atoms with E-state index in [-0.39, 0.29) is 22.7 Å². The minimum atomic E-state index is -1.16. The lowest BCUT2D eigenvalue weighted by atomic mass is 9.90. The van der Waals surface area contributed by atoms with Gasteiger partial charge >= 0.3 is 6.09 Å². The van der Waals surface area contributed by atoms with Crippen molar-refractivity contribution in [2.75, 3.05) is 0 Å². The zero-order chi connectivity index (χ0) is 18.1. The number of benzene rings is 1. The van der Waals surface area contributed by atoms with E-state index in [1.54, 1.807) is 0 Å². The van der Waals surface area contributed by atoms with Crippen molar-refractivity contribution in [2.24, 2.45) is 5.11 Å². The Morgan fingerprint density at radius 2 is 1.84 bits per heavy atom. The lowest BCUT2D eigenvalue weighted by Gasteiger charge is -2.33. The van der Waals surface area contributed by atoms with Crippen molar-refractivity contribution in [2.45, 2.75) is 37.8 Å². The highest BCUT2D eigenvalue weighted by atomic mass is 16.4. The zero-order valence-electron chi connectivity index (χ0n) is 13.3. The maximum atomic E-state index is 11.6. The number of carboxylic acid groups (broad SMARTS) is 1. The number of nitrogens with zero attached hydrogens (tertiary/aromatic N) is 2. The van der Waals surface area contributed by atoms with E-state index in [4.69, 9.17) is 10.6 Å². The van der Waals surface area contributed by atoms with Gasteiger partial charge in [-0.1, -0.05) is 12.8 Å². The summed E-state index contributed by atoms with van der Waals surface area (Å²) < 4.78 is 1.32. The first-order chi connectivity index (χ1) is 11.9. The van der Waals surface area contributed by atoms with Crippen LogP contribution in [0, 0.1) is 5.53 Å². The molecule has 1 fully saturated rings. The predicted octanol–water partition coefficient (Wildman–Crippen LogP) is 2.97. The van der Waals surface area contributed by atoms with Crippen molar-refractivity contribution in [3.8, 4) is 11.8 Å². The fourth-order valence-corrected chi connectivity index (χ4v) is 3.54. The summed E-state index contributed by atoms with van der Waals surface area (Å²) in [5.41, 5.74) is 6.93. The Labute approximate surface area is 142 Å². The van der Waals surface area contributed by atoms with Crippen LogP contribution >= 0.6 is 0 Å². The number of hydrogen-bond donors (Lipinski definition) is 5. The van der Waals surface area contributed by atoms with Crippen LogP contribution in [0.1, 0.15) is 42.1 Å². The van der Waals surface area contributed by atoms with Crippen molar-refractivity contribution >= 4 is 22.8 Å². The Hall–Kier alpha value is -3.10. The van der Waals surface area contributed by atoms with E-state index in [2.05, 4.69) is 10.4 Å². The minimum Gasteiger partial charge on any atom is -0.494 e. The van der Waals surface area contributed by atoms with Gasteiger partial charge in [-0.3, -0.25) is 9.36 Å². The molecule has 9 nitrogen and oxygen atoms in total. The average molecular weight is 346 g/mol. The van der Waals surface area contributed by atoms with Gasteiger partial charge in [0, 0.05) is 16.3 Å². The van der Waals surface area contributed by atoms with Crippen LogP contribution in [-0.2, 0) is 0 Å². The Balaban J connectivity index is 2.10. The standard InChI is InChI=1S/C16H18N4O5/c17-19-13(21)8-5-6-9-10(7-8)15(23)20(14(9)22)12-4-2-1-3-11(12)18-16(24)25/h5-7,11-12,17-18,22-23H,1-4H2,(H,24,25)/t11-,12-/m1/s1. The molecule has 0 saturated heterocycles. The number of nitrogens with one attached hydrogen (secondary N) is 2. The van der Waals surface area contributed by atoms with Gasteiger partial charge in [0.15, 0.2) is 0 Å². The van der Waals surface area contributed by atoms with Crippen molar-refractivity contribution in [1.82, 2.24) is 9.88 Å². The molecule has 2 amide bonds. The van der Waals surface area contributed by atoms with Crippen LogP contribution in [0.5, 0.6) is 11.8 Å². The van der Waals surface area contributed by atoms with E-state index in [1.807, 2.05) is 0 Å². The molecule has 9 heteroatoms. The second-order valence-corrected chi connectivity index (χ2v) is 6.10. The highest BCUT2D eigenvalue weighted by molar-refractivity contribution is 6.01. The number of amides is 2. The van der Waals surface area contributed by atoms with Crippen molar-refractivity contribution in [1.29, 1.82) is 5.53 Å². The Kier molecular flexibility index (Phi) is 4.30. The van der Waals surface area contributed by atoms with Crippen LogP contribution in [-0.4, -0.2) is 37.9 Å². The summed E-state index contributed by atoms with van der Waals surface area (Å²) in [5.74, 6) is -1.17. The van der Waals surface area contributed by atoms with Crippen molar-refractivity contribution in [3.05, 3.63) is 23.8 Å². The Morgan fingerprint density at radius 1 is 1.16 bits per heavy atom. The topological polar surface area (TPSA) is 148 Å². The fraction of sp³-hybridized carbons (Fsp3) is 0.375. The number of aromatic hydroxyl groups is 2. The van der Waals surface area contributed by atoms with Gasteiger partial charge in [0.2, 0.25) is 11.8 Å². The largest absolute Gasteiger partial charge is 0.494 e. The minimum absolute atomic E-state index is 0.124. The normalized spacial score (nSPS) is 20.3. The molecular formula is C16H18N4O5. The Bertz CT molecular complexity index is 860. The maximum Gasteiger partial charge on any atom is 0.404 e.